The number of benzene rings is 1. The van der Waals surface area contributed by atoms with E-state index < -0.39 is 10.0 Å². The van der Waals surface area contributed by atoms with E-state index in [1.54, 1.807) is 0 Å². The Morgan fingerprint density at radius 2 is 2.16 bits per heavy atom. The number of hydrogen-bond acceptors (Lipinski definition) is 3. The van der Waals surface area contributed by atoms with E-state index in [9.17, 15) is 8.42 Å². The zero-order chi connectivity index (χ0) is 13.3. The molecule has 1 aliphatic heterocycles. The molecule has 0 unspecified atom stereocenters. The third-order valence-corrected chi connectivity index (χ3v) is 5.78. The maximum Gasteiger partial charge on any atom is 0.214 e. The number of fused-ring (bicyclic) bond motifs is 1. The Hall–Kier alpha value is -1.07. The molecule has 104 valence electrons. The minimum Gasteiger partial charge on any atom is -0.385 e. The van der Waals surface area contributed by atoms with Gasteiger partial charge in [-0.2, -0.15) is 0 Å². The van der Waals surface area contributed by atoms with Crippen molar-refractivity contribution < 1.29 is 8.42 Å². The molecule has 19 heavy (non-hydrogen) atoms. The van der Waals surface area contributed by atoms with E-state index in [-0.39, 0.29) is 5.25 Å². The van der Waals surface area contributed by atoms with Gasteiger partial charge in [-0.15, -0.1) is 0 Å². The van der Waals surface area contributed by atoms with Gasteiger partial charge < -0.3 is 5.32 Å². The molecule has 5 heteroatoms. The molecule has 2 aliphatic rings. The molecule has 1 aromatic carbocycles. The lowest BCUT2D eigenvalue weighted by molar-refractivity contribution is 0.580. The fourth-order valence-electron chi connectivity index (χ4n) is 2.61. The first kappa shape index (κ1) is 12.9. The van der Waals surface area contributed by atoms with Gasteiger partial charge >= 0.3 is 0 Å². The number of sulfonamides is 1. The van der Waals surface area contributed by atoms with E-state index in [2.05, 4.69) is 28.2 Å². The molecular weight excluding hydrogens is 260 g/mol. The Labute approximate surface area is 114 Å². The van der Waals surface area contributed by atoms with Crippen molar-refractivity contribution in [2.75, 3.05) is 18.4 Å². The molecular formula is C14H20N2O2S. The summed E-state index contributed by atoms with van der Waals surface area (Å²) in [5.74, 6) is 0. The van der Waals surface area contributed by atoms with Crippen LogP contribution in [0.4, 0.5) is 5.69 Å². The number of anilines is 1. The molecule has 1 aromatic rings. The van der Waals surface area contributed by atoms with Crippen LogP contribution in [0.3, 0.4) is 0 Å². The zero-order valence-electron chi connectivity index (χ0n) is 11.0. The van der Waals surface area contributed by atoms with Crippen LogP contribution < -0.4 is 10.0 Å². The quantitative estimate of drug-likeness (QED) is 0.862. The molecule has 0 atom stereocenters. The molecule has 0 bridgehead atoms. The van der Waals surface area contributed by atoms with Crippen LogP contribution in [0.1, 0.15) is 30.4 Å². The van der Waals surface area contributed by atoms with Crippen LogP contribution in [-0.2, 0) is 22.9 Å². The van der Waals surface area contributed by atoms with Crippen LogP contribution in [0.25, 0.3) is 0 Å². The minimum absolute atomic E-state index is 0.129. The number of aryl methyl sites for hydroxylation is 1. The van der Waals surface area contributed by atoms with Gasteiger partial charge in [-0.25, -0.2) is 13.1 Å². The summed E-state index contributed by atoms with van der Waals surface area (Å²) in [6.07, 6.45) is 4.67. The van der Waals surface area contributed by atoms with Crippen molar-refractivity contribution in [3.05, 3.63) is 29.3 Å². The lowest BCUT2D eigenvalue weighted by Crippen LogP contribution is -2.29. The average Bonchev–Trinajstić information content (AvgIpc) is 3.23. The molecule has 4 nitrogen and oxygen atoms in total. The van der Waals surface area contributed by atoms with Crippen LogP contribution in [0.5, 0.6) is 0 Å². The fourth-order valence-corrected chi connectivity index (χ4v) is 3.99. The van der Waals surface area contributed by atoms with Gasteiger partial charge in [-0.1, -0.05) is 18.2 Å². The number of para-hydroxylation sites is 1. The van der Waals surface area contributed by atoms with Crippen molar-refractivity contribution in [1.29, 1.82) is 0 Å². The van der Waals surface area contributed by atoms with Gasteiger partial charge in [0.1, 0.15) is 0 Å². The molecule has 1 fully saturated rings. The molecule has 3 rings (SSSR count). The maximum atomic E-state index is 11.7. The summed E-state index contributed by atoms with van der Waals surface area (Å²) >= 11 is 0. The van der Waals surface area contributed by atoms with Crippen LogP contribution in [0.15, 0.2) is 18.2 Å². The van der Waals surface area contributed by atoms with E-state index in [1.807, 2.05) is 0 Å². The summed E-state index contributed by atoms with van der Waals surface area (Å²) in [7, 11) is -3.05. The van der Waals surface area contributed by atoms with E-state index in [0.717, 1.165) is 32.2 Å². The normalized spacial score (nSPS) is 18.7. The Kier molecular flexibility index (Phi) is 3.50. The third-order valence-electron chi connectivity index (χ3n) is 3.82. The Morgan fingerprint density at radius 1 is 1.32 bits per heavy atom. The second-order valence-corrected chi connectivity index (χ2v) is 7.42. The predicted molar refractivity (Wildman–Crippen MR) is 76.9 cm³/mol. The average molecular weight is 280 g/mol. The second-order valence-electron chi connectivity index (χ2n) is 5.37. The van der Waals surface area contributed by atoms with E-state index in [4.69, 9.17) is 0 Å². The van der Waals surface area contributed by atoms with Crippen molar-refractivity contribution in [2.45, 2.75) is 37.4 Å². The summed E-state index contributed by atoms with van der Waals surface area (Å²) in [5.41, 5.74) is 3.80. The van der Waals surface area contributed by atoms with Crippen LogP contribution in [0, 0.1) is 0 Å². The largest absolute Gasteiger partial charge is 0.385 e. The van der Waals surface area contributed by atoms with Gasteiger partial charge in [0.05, 0.1) is 5.25 Å². The van der Waals surface area contributed by atoms with Crippen LogP contribution in [0.2, 0.25) is 0 Å². The number of rotatable bonds is 5. The summed E-state index contributed by atoms with van der Waals surface area (Å²) < 4.78 is 26.2. The second kappa shape index (κ2) is 5.13. The van der Waals surface area contributed by atoms with Gasteiger partial charge in [0.25, 0.3) is 0 Å². The predicted octanol–water partition coefficient (Wildman–Crippen LogP) is 1.67. The van der Waals surface area contributed by atoms with Crippen molar-refractivity contribution in [2.24, 2.45) is 0 Å². The highest BCUT2D eigenvalue weighted by Gasteiger charge is 2.35. The summed E-state index contributed by atoms with van der Waals surface area (Å²) in [4.78, 5) is 0. The van der Waals surface area contributed by atoms with Gasteiger partial charge in [0.2, 0.25) is 10.0 Å². The zero-order valence-corrected chi connectivity index (χ0v) is 11.8. The smallest absolute Gasteiger partial charge is 0.214 e. The number of nitrogens with one attached hydrogen (secondary N) is 2. The van der Waals surface area contributed by atoms with Gasteiger partial charge in [-0.05, 0) is 43.2 Å². The molecule has 0 amide bonds. The first-order chi connectivity index (χ1) is 9.17. The van der Waals surface area contributed by atoms with Crippen molar-refractivity contribution in [3.63, 3.8) is 0 Å². The highest BCUT2D eigenvalue weighted by Crippen LogP contribution is 2.28. The summed E-state index contributed by atoms with van der Waals surface area (Å²) in [5, 5.41) is 3.31. The standard InChI is InChI=1S/C14H20N2O2S/c17-19(18,13-6-7-13)16-10-8-12-4-1-3-11-5-2-9-15-14(11)12/h1,3-4,13,15-16H,2,5-10H2. The van der Waals surface area contributed by atoms with Crippen molar-refractivity contribution >= 4 is 15.7 Å². The molecule has 1 aliphatic carbocycles. The van der Waals surface area contributed by atoms with Gasteiger partial charge in [-0.3, -0.25) is 0 Å². The Morgan fingerprint density at radius 3 is 2.95 bits per heavy atom. The molecule has 1 saturated carbocycles. The minimum atomic E-state index is -3.05. The summed E-state index contributed by atoms with van der Waals surface area (Å²) in [6.45, 7) is 1.51. The van der Waals surface area contributed by atoms with Crippen LogP contribution >= 0.6 is 0 Å². The summed E-state index contributed by atoms with van der Waals surface area (Å²) in [6, 6.07) is 6.30. The SMILES string of the molecule is O=S(=O)(NCCc1cccc2c1NCCC2)C1CC1. The lowest BCUT2D eigenvalue weighted by Gasteiger charge is -2.21. The number of hydrogen-bond donors (Lipinski definition) is 2. The third kappa shape index (κ3) is 2.92. The molecule has 0 radical (unpaired) electrons. The van der Waals surface area contributed by atoms with E-state index >= 15 is 0 Å². The first-order valence-corrected chi connectivity index (χ1v) is 8.54. The van der Waals surface area contributed by atoms with E-state index in [1.165, 1.54) is 23.2 Å². The highest BCUT2D eigenvalue weighted by molar-refractivity contribution is 7.90. The molecule has 0 spiro atoms. The first-order valence-electron chi connectivity index (χ1n) is 7.00. The molecule has 0 aromatic heterocycles. The van der Waals surface area contributed by atoms with Gasteiger partial charge in [0.15, 0.2) is 0 Å². The Bertz CT molecular complexity index is 565. The van der Waals surface area contributed by atoms with Crippen molar-refractivity contribution in [3.8, 4) is 0 Å². The van der Waals surface area contributed by atoms with Crippen molar-refractivity contribution in [1.82, 2.24) is 4.72 Å². The monoisotopic (exact) mass is 280 g/mol. The molecule has 2 N–H and O–H groups in total. The van der Waals surface area contributed by atoms with Gasteiger partial charge in [0, 0.05) is 18.8 Å². The fraction of sp³-hybridized carbons (Fsp3) is 0.571. The van der Waals surface area contributed by atoms with Crippen LogP contribution in [-0.4, -0.2) is 26.8 Å². The lowest BCUT2D eigenvalue weighted by atomic mass is 9.98. The highest BCUT2D eigenvalue weighted by atomic mass is 32.2. The molecule has 0 saturated heterocycles. The molecule has 1 heterocycles. The Balaban J connectivity index is 1.64. The maximum absolute atomic E-state index is 11.7. The topological polar surface area (TPSA) is 58.2 Å². The van der Waals surface area contributed by atoms with E-state index in [0.29, 0.717) is 6.54 Å².